The standard InChI is InChI=1S/C24H33N3O3S/c28-13-12-25-23(30)22-21(19-6-3-11-26-24(19)31-22)18-9-7-17(8-10-18)15-27-20(29)14-16-4-1-2-5-16/h3,6,11,16-18,28H,1-2,4-5,7-10,12-15H2,(H,25,30)(H,27,29). The molecule has 2 aliphatic carbocycles. The molecule has 31 heavy (non-hydrogen) atoms. The molecule has 2 aromatic rings. The lowest BCUT2D eigenvalue weighted by Gasteiger charge is -2.29. The SMILES string of the molecule is O=C(CC1CCCC1)NCC1CCC(c2c(C(=O)NCCO)sc3ncccc23)CC1. The van der Waals surface area contributed by atoms with E-state index >= 15 is 0 Å². The van der Waals surface area contributed by atoms with Gasteiger partial charge in [0, 0.05) is 31.1 Å². The average molecular weight is 444 g/mol. The number of thiophene rings is 1. The second-order valence-corrected chi connectivity index (χ2v) is 10.1. The molecule has 0 bridgehead atoms. The second-order valence-electron chi connectivity index (χ2n) is 9.06. The smallest absolute Gasteiger partial charge is 0.261 e. The Bertz CT molecular complexity index is 899. The molecule has 2 aromatic heterocycles. The van der Waals surface area contributed by atoms with E-state index in [1.807, 2.05) is 6.07 Å². The number of aromatic nitrogens is 1. The Kier molecular flexibility index (Phi) is 7.56. The highest BCUT2D eigenvalue weighted by Gasteiger charge is 2.29. The van der Waals surface area contributed by atoms with Crippen molar-refractivity contribution in [2.45, 2.75) is 63.7 Å². The number of rotatable bonds is 8. The van der Waals surface area contributed by atoms with Crippen LogP contribution in [0.3, 0.4) is 0 Å². The number of hydrogen-bond acceptors (Lipinski definition) is 5. The van der Waals surface area contributed by atoms with Gasteiger partial charge < -0.3 is 15.7 Å². The molecule has 0 aromatic carbocycles. The van der Waals surface area contributed by atoms with Gasteiger partial charge in [0.25, 0.3) is 5.91 Å². The number of amides is 2. The van der Waals surface area contributed by atoms with Crippen LogP contribution in [0.2, 0.25) is 0 Å². The van der Waals surface area contributed by atoms with Gasteiger partial charge in [-0.05, 0) is 67.9 Å². The number of nitrogens with one attached hydrogen (secondary N) is 2. The molecule has 2 saturated carbocycles. The first kappa shape index (κ1) is 22.2. The first-order valence-corrected chi connectivity index (χ1v) is 12.5. The maximum absolute atomic E-state index is 12.7. The fourth-order valence-electron chi connectivity index (χ4n) is 5.24. The van der Waals surface area contributed by atoms with Crippen LogP contribution >= 0.6 is 11.3 Å². The first-order valence-electron chi connectivity index (χ1n) is 11.7. The lowest BCUT2D eigenvalue weighted by atomic mass is 9.78. The Hall–Kier alpha value is -1.99. The van der Waals surface area contributed by atoms with Gasteiger partial charge in [-0.25, -0.2) is 4.98 Å². The summed E-state index contributed by atoms with van der Waals surface area (Å²) in [5.74, 6) is 1.53. The summed E-state index contributed by atoms with van der Waals surface area (Å²) in [5, 5.41) is 16.1. The Morgan fingerprint density at radius 3 is 2.58 bits per heavy atom. The van der Waals surface area contributed by atoms with Gasteiger partial charge in [0.05, 0.1) is 11.5 Å². The van der Waals surface area contributed by atoms with E-state index in [1.54, 1.807) is 6.20 Å². The van der Waals surface area contributed by atoms with Crippen LogP contribution in [-0.4, -0.2) is 41.6 Å². The Labute approximate surface area is 187 Å². The third kappa shape index (κ3) is 5.44. The molecule has 2 heterocycles. The zero-order valence-electron chi connectivity index (χ0n) is 18.1. The normalized spacial score (nSPS) is 22.0. The van der Waals surface area contributed by atoms with Gasteiger partial charge in [-0.3, -0.25) is 9.59 Å². The fraction of sp³-hybridized carbons (Fsp3) is 0.625. The molecule has 7 heteroatoms. The molecule has 6 nitrogen and oxygen atoms in total. The Balaban J connectivity index is 1.36. The van der Waals surface area contributed by atoms with Gasteiger partial charge in [-0.15, -0.1) is 11.3 Å². The van der Waals surface area contributed by atoms with Gasteiger partial charge in [0.1, 0.15) is 4.83 Å². The number of aliphatic hydroxyl groups excluding tert-OH is 1. The monoisotopic (exact) mass is 443 g/mol. The number of pyridine rings is 1. The first-order chi connectivity index (χ1) is 15.2. The highest BCUT2D eigenvalue weighted by Crippen LogP contribution is 2.43. The summed E-state index contributed by atoms with van der Waals surface area (Å²) in [6, 6.07) is 3.99. The molecule has 0 atom stereocenters. The average Bonchev–Trinajstić information content (AvgIpc) is 3.44. The quantitative estimate of drug-likeness (QED) is 0.575. The van der Waals surface area contributed by atoms with Gasteiger partial charge >= 0.3 is 0 Å². The van der Waals surface area contributed by atoms with Crippen LogP contribution in [0.1, 0.15) is 78.9 Å². The molecule has 2 amide bonds. The van der Waals surface area contributed by atoms with Crippen LogP contribution in [0.25, 0.3) is 10.2 Å². The van der Waals surface area contributed by atoms with Crippen molar-refractivity contribution in [1.29, 1.82) is 0 Å². The minimum atomic E-state index is -0.117. The Morgan fingerprint density at radius 2 is 1.84 bits per heavy atom. The van der Waals surface area contributed by atoms with Crippen LogP contribution in [0.15, 0.2) is 18.3 Å². The number of carbonyl (C=O) groups is 2. The third-order valence-corrected chi connectivity index (χ3v) is 8.03. The van der Waals surface area contributed by atoms with E-state index in [0.717, 1.165) is 52.9 Å². The summed E-state index contributed by atoms with van der Waals surface area (Å²) in [6.07, 6.45) is 11.6. The number of carbonyl (C=O) groups excluding carboxylic acids is 2. The van der Waals surface area contributed by atoms with E-state index in [-0.39, 0.29) is 25.0 Å². The molecule has 0 spiro atoms. The molecule has 0 radical (unpaired) electrons. The third-order valence-electron chi connectivity index (χ3n) is 6.90. The largest absolute Gasteiger partial charge is 0.395 e. The molecule has 0 aliphatic heterocycles. The number of nitrogens with zero attached hydrogens (tertiary/aromatic N) is 1. The molecule has 2 aliphatic rings. The molecule has 2 fully saturated rings. The van der Waals surface area contributed by atoms with E-state index < -0.39 is 0 Å². The molecular formula is C24H33N3O3S. The number of aliphatic hydroxyl groups is 1. The maximum atomic E-state index is 12.7. The van der Waals surface area contributed by atoms with Gasteiger partial charge in [-0.2, -0.15) is 0 Å². The number of fused-ring (bicyclic) bond motifs is 1. The van der Waals surface area contributed by atoms with Crippen LogP contribution in [-0.2, 0) is 4.79 Å². The predicted molar refractivity (Wildman–Crippen MR) is 123 cm³/mol. The van der Waals surface area contributed by atoms with Gasteiger partial charge in [0.2, 0.25) is 5.91 Å². The molecule has 4 rings (SSSR count). The van der Waals surface area contributed by atoms with Crippen molar-refractivity contribution in [3.05, 3.63) is 28.8 Å². The van der Waals surface area contributed by atoms with E-state index in [1.165, 1.54) is 37.0 Å². The van der Waals surface area contributed by atoms with Crippen LogP contribution in [0, 0.1) is 11.8 Å². The summed E-state index contributed by atoms with van der Waals surface area (Å²) in [5.41, 5.74) is 1.12. The van der Waals surface area contributed by atoms with E-state index in [9.17, 15) is 9.59 Å². The highest BCUT2D eigenvalue weighted by atomic mass is 32.1. The zero-order valence-corrected chi connectivity index (χ0v) is 18.9. The van der Waals surface area contributed by atoms with Crippen molar-refractivity contribution < 1.29 is 14.7 Å². The summed E-state index contributed by atoms with van der Waals surface area (Å²) in [4.78, 5) is 31.1. The van der Waals surface area contributed by atoms with Crippen molar-refractivity contribution in [3.63, 3.8) is 0 Å². The van der Waals surface area contributed by atoms with Crippen LogP contribution < -0.4 is 10.6 Å². The van der Waals surface area contributed by atoms with Crippen molar-refractivity contribution in [3.8, 4) is 0 Å². The Morgan fingerprint density at radius 1 is 1.06 bits per heavy atom. The van der Waals surface area contributed by atoms with Gasteiger partial charge in [-0.1, -0.05) is 18.9 Å². The predicted octanol–water partition coefficient (Wildman–Crippen LogP) is 3.99. The van der Waals surface area contributed by atoms with Gasteiger partial charge in [0.15, 0.2) is 0 Å². The summed E-state index contributed by atoms with van der Waals surface area (Å²) < 4.78 is 0. The lowest BCUT2D eigenvalue weighted by molar-refractivity contribution is -0.122. The van der Waals surface area contributed by atoms with Crippen molar-refractivity contribution in [2.24, 2.45) is 11.8 Å². The summed E-state index contributed by atoms with van der Waals surface area (Å²) in [6.45, 7) is 0.961. The van der Waals surface area contributed by atoms with E-state index in [2.05, 4.69) is 21.7 Å². The molecule has 168 valence electrons. The molecular weight excluding hydrogens is 410 g/mol. The zero-order chi connectivity index (χ0) is 21.6. The van der Waals surface area contributed by atoms with E-state index in [4.69, 9.17) is 5.11 Å². The fourth-order valence-corrected chi connectivity index (χ4v) is 6.38. The second kappa shape index (κ2) is 10.6. The van der Waals surface area contributed by atoms with Crippen molar-refractivity contribution >= 4 is 33.4 Å². The highest BCUT2D eigenvalue weighted by molar-refractivity contribution is 7.20. The van der Waals surface area contributed by atoms with Crippen molar-refractivity contribution in [2.75, 3.05) is 19.7 Å². The maximum Gasteiger partial charge on any atom is 0.261 e. The minimum absolute atomic E-state index is 0.0677. The molecule has 0 saturated heterocycles. The number of hydrogen-bond donors (Lipinski definition) is 3. The molecule has 0 unspecified atom stereocenters. The minimum Gasteiger partial charge on any atom is -0.395 e. The summed E-state index contributed by atoms with van der Waals surface area (Å²) >= 11 is 1.44. The van der Waals surface area contributed by atoms with Crippen LogP contribution in [0.4, 0.5) is 0 Å². The van der Waals surface area contributed by atoms with E-state index in [0.29, 0.717) is 24.2 Å². The molecule has 3 N–H and O–H groups in total. The van der Waals surface area contributed by atoms with Crippen molar-refractivity contribution in [1.82, 2.24) is 15.6 Å². The topological polar surface area (TPSA) is 91.3 Å². The lowest BCUT2D eigenvalue weighted by Crippen LogP contribution is -2.32. The van der Waals surface area contributed by atoms with Crippen LogP contribution in [0.5, 0.6) is 0 Å². The summed E-state index contributed by atoms with van der Waals surface area (Å²) in [7, 11) is 0.